The lowest BCUT2D eigenvalue weighted by Gasteiger charge is -2.07. The molecular weight excluding hydrogens is 216 g/mol. The summed E-state index contributed by atoms with van der Waals surface area (Å²) in [5, 5.41) is 4.39. The molecule has 1 amide bonds. The van der Waals surface area contributed by atoms with Gasteiger partial charge in [-0.3, -0.25) is 14.5 Å². The number of rotatable bonds is 3. The molecule has 0 bridgehead atoms. The van der Waals surface area contributed by atoms with Crippen LogP contribution < -0.4 is 5.73 Å². The highest BCUT2D eigenvalue weighted by Crippen LogP contribution is 2.20. The lowest BCUT2D eigenvalue weighted by atomic mass is 10.2. The maximum atomic E-state index is 11.3. The van der Waals surface area contributed by atoms with Gasteiger partial charge in [0.05, 0.1) is 5.69 Å². The lowest BCUT2D eigenvalue weighted by Crippen LogP contribution is -2.18. The second-order valence-corrected chi connectivity index (χ2v) is 4.05. The van der Waals surface area contributed by atoms with Crippen LogP contribution in [0.5, 0.6) is 0 Å². The average Bonchev–Trinajstić information content (AvgIpc) is 2.75. The first-order chi connectivity index (χ1) is 8.09. The fourth-order valence-electron chi connectivity index (χ4n) is 1.64. The molecule has 2 N–H and O–H groups in total. The van der Waals surface area contributed by atoms with Crippen molar-refractivity contribution in [2.75, 3.05) is 0 Å². The molecule has 5 nitrogen and oxygen atoms in total. The van der Waals surface area contributed by atoms with Crippen molar-refractivity contribution in [2.45, 2.75) is 19.9 Å². The first kappa shape index (κ1) is 11.3. The second kappa shape index (κ2) is 4.37. The minimum atomic E-state index is -0.466. The third-order valence-electron chi connectivity index (χ3n) is 2.45. The van der Waals surface area contributed by atoms with Gasteiger partial charge >= 0.3 is 0 Å². The monoisotopic (exact) mass is 230 g/mol. The fraction of sp³-hybridized carbons (Fsp3) is 0.250. The van der Waals surface area contributed by atoms with Crippen LogP contribution in [0.25, 0.3) is 11.3 Å². The molecule has 5 heteroatoms. The molecule has 0 unspecified atom stereocenters. The van der Waals surface area contributed by atoms with Crippen LogP contribution in [0.3, 0.4) is 0 Å². The Morgan fingerprint density at radius 3 is 2.47 bits per heavy atom. The SMILES string of the molecule is CC(C)n1nc(-c2ccncc2)cc1C(N)=O. The van der Waals surface area contributed by atoms with Crippen LogP contribution in [0.1, 0.15) is 30.4 Å². The van der Waals surface area contributed by atoms with Gasteiger partial charge in [-0.2, -0.15) is 5.10 Å². The summed E-state index contributed by atoms with van der Waals surface area (Å²) in [6.45, 7) is 3.91. The minimum absolute atomic E-state index is 0.0908. The van der Waals surface area contributed by atoms with E-state index in [-0.39, 0.29) is 6.04 Å². The van der Waals surface area contributed by atoms with Crippen molar-refractivity contribution < 1.29 is 4.79 Å². The van der Waals surface area contributed by atoms with E-state index >= 15 is 0 Å². The number of pyridine rings is 1. The summed E-state index contributed by atoms with van der Waals surface area (Å²) < 4.78 is 1.64. The first-order valence-electron chi connectivity index (χ1n) is 5.39. The Kier molecular flexibility index (Phi) is 2.91. The van der Waals surface area contributed by atoms with Crippen molar-refractivity contribution >= 4 is 5.91 Å². The molecular formula is C12H14N4O. The van der Waals surface area contributed by atoms with Crippen molar-refractivity contribution in [3.8, 4) is 11.3 Å². The standard InChI is InChI=1S/C12H14N4O/c1-8(2)16-11(12(13)17)7-10(15-16)9-3-5-14-6-4-9/h3-8H,1-2H3,(H2,13,17). The third-order valence-corrected chi connectivity index (χ3v) is 2.45. The van der Waals surface area contributed by atoms with Crippen molar-refractivity contribution in [3.63, 3.8) is 0 Å². The van der Waals surface area contributed by atoms with E-state index in [1.54, 1.807) is 23.1 Å². The van der Waals surface area contributed by atoms with Gasteiger partial charge in [0.1, 0.15) is 5.69 Å². The highest BCUT2D eigenvalue weighted by molar-refractivity contribution is 5.92. The molecule has 2 aromatic heterocycles. The van der Waals surface area contributed by atoms with Gasteiger partial charge in [0, 0.05) is 24.0 Å². The number of carbonyl (C=O) groups is 1. The van der Waals surface area contributed by atoms with E-state index in [0.29, 0.717) is 5.69 Å². The molecule has 0 aliphatic heterocycles. The third kappa shape index (κ3) is 2.18. The highest BCUT2D eigenvalue weighted by Gasteiger charge is 2.15. The Balaban J connectivity index is 2.51. The van der Waals surface area contributed by atoms with E-state index in [2.05, 4.69) is 10.1 Å². The summed E-state index contributed by atoms with van der Waals surface area (Å²) in [5.74, 6) is -0.466. The quantitative estimate of drug-likeness (QED) is 0.870. The van der Waals surface area contributed by atoms with Gasteiger partial charge in [0.2, 0.25) is 0 Å². The summed E-state index contributed by atoms with van der Waals surface area (Å²) in [7, 11) is 0. The Morgan fingerprint density at radius 2 is 2.00 bits per heavy atom. The van der Waals surface area contributed by atoms with Crippen molar-refractivity contribution in [1.29, 1.82) is 0 Å². The van der Waals surface area contributed by atoms with E-state index in [1.807, 2.05) is 26.0 Å². The molecule has 2 aromatic rings. The molecule has 0 fully saturated rings. The number of hydrogen-bond donors (Lipinski definition) is 1. The summed E-state index contributed by atoms with van der Waals surface area (Å²) in [6, 6.07) is 5.49. The first-order valence-corrected chi connectivity index (χ1v) is 5.39. The topological polar surface area (TPSA) is 73.8 Å². The largest absolute Gasteiger partial charge is 0.364 e. The maximum Gasteiger partial charge on any atom is 0.267 e. The molecule has 0 saturated heterocycles. The molecule has 0 radical (unpaired) electrons. The van der Waals surface area contributed by atoms with Gasteiger partial charge in [-0.25, -0.2) is 0 Å². The predicted molar refractivity (Wildman–Crippen MR) is 64.4 cm³/mol. The molecule has 0 atom stereocenters. The van der Waals surface area contributed by atoms with Crippen LogP contribution in [-0.2, 0) is 0 Å². The Hall–Kier alpha value is -2.17. The predicted octanol–water partition coefficient (Wildman–Crippen LogP) is 1.62. The molecule has 2 rings (SSSR count). The maximum absolute atomic E-state index is 11.3. The average molecular weight is 230 g/mol. The Bertz CT molecular complexity index is 531. The fourth-order valence-corrected chi connectivity index (χ4v) is 1.64. The number of nitrogens with two attached hydrogens (primary N) is 1. The van der Waals surface area contributed by atoms with Crippen LogP contribution >= 0.6 is 0 Å². The summed E-state index contributed by atoms with van der Waals surface area (Å²) >= 11 is 0. The molecule has 88 valence electrons. The molecule has 17 heavy (non-hydrogen) atoms. The van der Waals surface area contributed by atoms with Gasteiger partial charge in [-0.15, -0.1) is 0 Å². The number of hydrogen-bond acceptors (Lipinski definition) is 3. The van der Waals surface area contributed by atoms with E-state index in [0.717, 1.165) is 11.3 Å². The number of carbonyl (C=O) groups excluding carboxylic acids is 1. The van der Waals surface area contributed by atoms with Crippen LogP contribution in [-0.4, -0.2) is 20.7 Å². The van der Waals surface area contributed by atoms with Gasteiger partial charge in [0.15, 0.2) is 0 Å². The van der Waals surface area contributed by atoms with Gasteiger partial charge in [-0.1, -0.05) is 0 Å². The normalized spacial score (nSPS) is 10.8. The smallest absolute Gasteiger partial charge is 0.267 e. The summed E-state index contributed by atoms with van der Waals surface area (Å²) in [5.41, 5.74) is 7.40. The van der Waals surface area contributed by atoms with Crippen LogP contribution in [0.4, 0.5) is 0 Å². The Labute approximate surface area is 99.3 Å². The van der Waals surface area contributed by atoms with Crippen molar-refractivity contribution in [2.24, 2.45) is 5.73 Å². The molecule has 0 spiro atoms. The number of amides is 1. The van der Waals surface area contributed by atoms with Gasteiger partial charge in [-0.05, 0) is 32.0 Å². The Morgan fingerprint density at radius 1 is 1.35 bits per heavy atom. The molecule has 0 aliphatic carbocycles. The number of aromatic nitrogens is 3. The van der Waals surface area contributed by atoms with Crippen LogP contribution in [0.15, 0.2) is 30.6 Å². The summed E-state index contributed by atoms with van der Waals surface area (Å²) in [6.07, 6.45) is 3.38. The van der Waals surface area contributed by atoms with E-state index < -0.39 is 5.91 Å². The van der Waals surface area contributed by atoms with Crippen molar-refractivity contribution in [1.82, 2.24) is 14.8 Å². The van der Waals surface area contributed by atoms with E-state index in [1.165, 1.54) is 0 Å². The zero-order valence-electron chi connectivity index (χ0n) is 9.79. The zero-order chi connectivity index (χ0) is 12.4. The summed E-state index contributed by atoms with van der Waals surface area (Å²) in [4.78, 5) is 15.3. The van der Waals surface area contributed by atoms with Gasteiger partial charge < -0.3 is 5.73 Å². The zero-order valence-corrected chi connectivity index (χ0v) is 9.79. The molecule has 0 aliphatic rings. The van der Waals surface area contributed by atoms with Crippen LogP contribution in [0.2, 0.25) is 0 Å². The number of primary amides is 1. The van der Waals surface area contributed by atoms with Crippen LogP contribution in [0, 0.1) is 0 Å². The van der Waals surface area contributed by atoms with E-state index in [4.69, 9.17) is 5.73 Å². The van der Waals surface area contributed by atoms with Crippen molar-refractivity contribution in [3.05, 3.63) is 36.3 Å². The molecule has 0 saturated carbocycles. The highest BCUT2D eigenvalue weighted by atomic mass is 16.1. The number of nitrogens with zero attached hydrogens (tertiary/aromatic N) is 3. The minimum Gasteiger partial charge on any atom is -0.364 e. The molecule has 0 aromatic carbocycles. The van der Waals surface area contributed by atoms with Gasteiger partial charge in [0.25, 0.3) is 5.91 Å². The molecule has 2 heterocycles. The van der Waals surface area contributed by atoms with E-state index in [9.17, 15) is 4.79 Å². The second-order valence-electron chi connectivity index (χ2n) is 4.05. The lowest BCUT2D eigenvalue weighted by molar-refractivity contribution is 0.0988.